The molecule has 1 aromatic rings. The maximum atomic E-state index is 11.3. The fraction of sp³-hybridized carbons (Fsp3) is 0.750. The molecule has 1 N–H and O–H groups in total. The van der Waals surface area contributed by atoms with Gasteiger partial charge in [0, 0.05) is 26.1 Å². The summed E-state index contributed by atoms with van der Waals surface area (Å²) in [4.78, 5) is 13.7. The highest BCUT2D eigenvalue weighted by atomic mass is 79.9. The van der Waals surface area contributed by atoms with Crippen LogP contribution in [0.25, 0.3) is 0 Å². The zero-order valence-electron chi connectivity index (χ0n) is 10.8. The summed E-state index contributed by atoms with van der Waals surface area (Å²) in [6.45, 7) is 3.57. The van der Waals surface area contributed by atoms with E-state index in [2.05, 4.69) is 36.3 Å². The zero-order chi connectivity index (χ0) is 13.4. The Kier molecular flexibility index (Phi) is 3.75. The second kappa shape index (κ2) is 5.36. The minimum absolute atomic E-state index is 0.0917. The van der Waals surface area contributed by atoms with Crippen LogP contribution in [0.15, 0.2) is 3.92 Å². The molecule has 1 aliphatic carbocycles. The van der Waals surface area contributed by atoms with Crippen molar-refractivity contribution in [1.82, 2.24) is 15.5 Å². The molecule has 1 aromatic heterocycles. The van der Waals surface area contributed by atoms with Crippen LogP contribution in [0.4, 0.5) is 5.13 Å². The van der Waals surface area contributed by atoms with Crippen LogP contribution in [0.1, 0.15) is 26.2 Å². The van der Waals surface area contributed by atoms with Gasteiger partial charge in [-0.1, -0.05) is 17.8 Å². The van der Waals surface area contributed by atoms with Gasteiger partial charge in [0.05, 0.1) is 0 Å². The van der Waals surface area contributed by atoms with E-state index < -0.39 is 0 Å². The normalized spacial score (nSPS) is 30.2. The largest absolute Gasteiger partial charge is 0.353 e. The number of nitrogens with one attached hydrogen (secondary N) is 1. The molecule has 5 nitrogen and oxygen atoms in total. The minimum Gasteiger partial charge on any atom is -0.353 e. The van der Waals surface area contributed by atoms with E-state index >= 15 is 0 Å². The number of carbonyl (C=O) groups excluding carboxylic acids is 1. The van der Waals surface area contributed by atoms with Crippen molar-refractivity contribution in [3.05, 3.63) is 3.92 Å². The van der Waals surface area contributed by atoms with Gasteiger partial charge in [-0.2, -0.15) is 0 Å². The van der Waals surface area contributed by atoms with Crippen LogP contribution in [-0.2, 0) is 4.79 Å². The summed E-state index contributed by atoms with van der Waals surface area (Å²) in [5, 5.41) is 12.4. The van der Waals surface area contributed by atoms with Gasteiger partial charge in [0.1, 0.15) is 0 Å². The molecule has 0 spiro atoms. The van der Waals surface area contributed by atoms with E-state index in [0.29, 0.717) is 17.9 Å². The molecule has 2 heterocycles. The van der Waals surface area contributed by atoms with Crippen LogP contribution in [0, 0.1) is 11.8 Å². The Morgan fingerprint density at radius 2 is 2.05 bits per heavy atom. The van der Waals surface area contributed by atoms with Crippen molar-refractivity contribution in [2.75, 3.05) is 18.0 Å². The highest BCUT2D eigenvalue weighted by Crippen LogP contribution is 2.37. The van der Waals surface area contributed by atoms with Crippen molar-refractivity contribution in [2.45, 2.75) is 32.2 Å². The number of fused-ring (bicyclic) bond motifs is 2. The number of anilines is 1. The topological polar surface area (TPSA) is 58.1 Å². The average Bonchev–Trinajstić information content (AvgIpc) is 2.74. The molecule has 2 bridgehead atoms. The maximum Gasteiger partial charge on any atom is 0.217 e. The molecule has 1 amide bonds. The molecule has 1 saturated heterocycles. The SMILES string of the molecule is CC(=O)N[C@@H]1[C@@H]2CCC[C@H]1CN(c1nnc(Br)s1)C2. The molecular weight excluding hydrogens is 328 g/mol. The maximum absolute atomic E-state index is 11.3. The Hall–Kier alpha value is -0.690. The van der Waals surface area contributed by atoms with Crippen molar-refractivity contribution in [2.24, 2.45) is 11.8 Å². The molecule has 2 aliphatic rings. The molecular formula is C12H17BrN4OS. The third kappa shape index (κ3) is 2.76. The third-order valence-electron chi connectivity index (χ3n) is 4.11. The highest BCUT2D eigenvalue weighted by molar-refractivity contribution is 9.11. The van der Waals surface area contributed by atoms with Crippen LogP contribution < -0.4 is 10.2 Å². The van der Waals surface area contributed by atoms with Crippen LogP contribution in [-0.4, -0.2) is 35.2 Å². The number of carbonyl (C=O) groups is 1. The Labute approximate surface area is 124 Å². The Morgan fingerprint density at radius 1 is 1.37 bits per heavy atom. The lowest BCUT2D eigenvalue weighted by Gasteiger charge is -2.47. The Bertz CT molecular complexity index is 466. The smallest absolute Gasteiger partial charge is 0.217 e. The molecule has 2 fully saturated rings. The van der Waals surface area contributed by atoms with Crippen molar-refractivity contribution >= 4 is 38.3 Å². The van der Waals surface area contributed by atoms with E-state index in [1.165, 1.54) is 19.3 Å². The number of hydrogen-bond acceptors (Lipinski definition) is 5. The van der Waals surface area contributed by atoms with Gasteiger partial charge in [0.2, 0.25) is 11.0 Å². The summed E-state index contributed by atoms with van der Waals surface area (Å²) in [6.07, 6.45) is 3.66. The molecule has 19 heavy (non-hydrogen) atoms. The molecule has 0 unspecified atom stereocenters. The van der Waals surface area contributed by atoms with E-state index in [-0.39, 0.29) is 5.91 Å². The second-order valence-corrected chi connectivity index (χ2v) is 7.65. The minimum atomic E-state index is 0.0917. The van der Waals surface area contributed by atoms with Crippen molar-refractivity contribution in [3.63, 3.8) is 0 Å². The number of piperidine rings is 1. The number of amides is 1. The van der Waals surface area contributed by atoms with Gasteiger partial charge < -0.3 is 10.2 Å². The summed E-state index contributed by atoms with van der Waals surface area (Å²) in [6, 6.07) is 0.346. The van der Waals surface area contributed by atoms with Gasteiger partial charge in [-0.25, -0.2) is 0 Å². The van der Waals surface area contributed by atoms with Crippen molar-refractivity contribution < 1.29 is 4.79 Å². The van der Waals surface area contributed by atoms with E-state index in [4.69, 9.17) is 0 Å². The van der Waals surface area contributed by atoms with E-state index in [0.717, 1.165) is 22.1 Å². The number of rotatable bonds is 2. The van der Waals surface area contributed by atoms with Crippen molar-refractivity contribution in [3.8, 4) is 0 Å². The average molecular weight is 345 g/mol. The number of nitrogens with zero attached hydrogens (tertiary/aromatic N) is 3. The standard InChI is InChI=1S/C12H17BrN4OS/c1-7(18)14-10-8-3-2-4-9(10)6-17(5-8)12-16-15-11(13)19-12/h8-10H,2-6H2,1H3,(H,14,18)/t8-,9+,10-. The fourth-order valence-corrected chi connectivity index (χ4v) is 4.50. The van der Waals surface area contributed by atoms with Gasteiger partial charge in [-0.15, -0.1) is 10.2 Å². The molecule has 1 saturated carbocycles. The monoisotopic (exact) mass is 344 g/mol. The first-order valence-corrected chi connectivity index (χ1v) is 8.25. The molecule has 7 heteroatoms. The summed E-state index contributed by atoms with van der Waals surface area (Å²) < 4.78 is 0.830. The summed E-state index contributed by atoms with van der Waals surface area (Å²) in [5.41, 5.74) is 0. The first kappa shape index (κ1) is 13.3. The first-order valence-electron chi connectivity index (χ1n) is 6.64. The molecule has 104 valence electrons. The number of halogens is 1. The van der Waals surface area contributed by atoms with E-state index in [9.17, 15) is 4.79 Å². The van der Waals surface area contributed by atoms with E-state index in [1.807, 2.05) is 0 Å². The van der Waals surface area contributed by atoms with Crippen LogP contribution in [0.5, 0.6) is 0 Å². The number of hydrogen-bond donors (Lipinski definition) is 1. The second-order valence-electron chi connectivity index (χ2n) is 5.42. The van der Waals surface area contributed by atoms with Gasteiger partial charge >= 0.3 is 0 Å². The van der Waals surface area contributed by atoms with Gasteiger partial charge in [0.25, 0.3) is 0 Å². The molecule has 1 aliphatic heterocycles. The quantitative estimate of drug-likeness (QED) is 0.891. The lowest BCUT2D eigenvalue weighted by molar-refractivity contribution is -0.120. The molecule has 3 atom stereocenters. The lowest BCUT2D eigenvalue weighted by atomic mass is 9.73. The van der Waals surface area contributed by atoms with Gasteiger partial charge in [-0.05, 0) is 40.6 Å². The lowest BCUT2D eigenvalue weighted by Crippen LogP contribution is -2.58. The Balaban J connectivity index is 1.76. The Morgan fingerprint density at radius 3 is 2.58 bits per heavy atom. The third-order valence-corrected chi connectivity index (χ3v) is 5.52. The van der Waals surface area contributed by atoms with E-state index in [1.54, 1.807) is 18.3 Å². The summed E-state index contributed by atoms with van der Waals surface area (Å²) in [5.74, 6) is 1.17. The van der Waals surface area contributed by atoms with Crippen molar-refractivity contribution in [1.29, 1.82) is 0 Å². The van der Waals surface area contributed by atoms with Crippen LogP contribution in [0.2, 0.25) is 0 Å². The summed E-state index contributed by atoms with van der Waals surface area (Å²) >= 11 is 4.95. The predicted molar refractivity (Wildman–Crippen MR) is 78.3 cm³/mol. The highest BCUT2D eigenvalue weighted by Gasteiger charge is 2.40. The predicted octanol–water partition coefficient (Wildman–Crippen LogP) is 2.04. The first-order chi connectivity index (χ1) is 9.13. The zero-order valence-corrected chi connectivity index (χ0v) is 13.2. The number of aromatic nitrogens is 2. The molecule has 3 rings (SSSR count). The molecule has 0 aromatic carbocycles. The molecule has 0 radical (unpaired) electrons. The summed E-state index contributed by atoms with van der Waals surface area (Å²) in [7, 11) is 0. The van der Waals surface area contributed by atoms with Crippen LogP contribution in [0.3, 0.4) is 0 Å². The van der Waals surface area contributed by atoms with Gasteiger partial charge in [-0.3, -0.25) is 4.79 Å². The van der Waals surface area contributed by atoms with Crippen LogP contribution >= 0.6 is 27.3 Å². The van der Waals surface area contributed by atoms with Gasteiger partial charge in [0.15, 0.2) is 3.92 Å². The fourth-order valence-electron chi connectivity index (χ4n) is 3.39.